The van der Waals surface area contributed by atoms with Gasteiger partial charge in [-0.05, 0) is 55.8 Å². The molecule has 0 aliphatic rings. The van der Waals surface area contributed by atoms with Crippen molar-refractivity contribution >= 4 is 28.6 Å². The monoisotopic (exact) mass is 588 g/mol. The number of esters is 1. The van der Waals surface area contributed by atoms with Crippen molar-refractivity contribution in [3.8, 4) is 22.6 Å². The van der Waals surface area contributed by atoms with Crippen molar-refractivity contribution in [2.75, 3.05) is 19.0 Å². The van der Waals surface area contributed by atoms with Crippen LogP contribution in [-0.4, -0.2) is 49.9 Å². The highest BCUT2D eigenvalue weighted by molar-refractivity contribution is 6.01. The molecular weight excluding hydrogens is 559 g/mol. The van der Waals surface area contributed by atoms with Gasteiger partial charge >= 0.3 is 11.7 Å². The van der Waals surface area contributed by atoms with Gasteiger partial charge < -0.3 is 19.5 Å². The SMILES string of the molecule is CCOC(=O)c1cc(-c2cc(F)c(OCc3ncn[nH]3)c(OC)c2)c2c(c1)n(CC(=O)Nc1ccc(C)cc1)c(=O)n2C. The molecule has 5 aromatic rings. The zero-order valence-electron chi connectivity index (χ0n) is 23.9. The number of aryl methyl sites for hydroxylation is 2. The van der Waals surface area contributed by atoms with Crippen molar-refractivity contribution in [3.63, 3.8) is 0 Å². The number of hydrogen-bond donors (Lipinski definition) is 2. The molecule has 0 fully saturated rings. The third-order valence-electron chi connectivity index (χ3n) is 6.74. The summed E-state index contributed by atoms with van der Waals surface area (Å²) >= 11 is 0. The first kappa shape index (κ1) is 29.0. The van der Waals surface area contributed by atoms with Crippen molar-refractivity contribution in [2.24, 2.45) is 7.05 Å². The zero-order valence-corrected chi connectivity index (χ0v) is 23.9. The summed E-state index contributed by atoms with van der Waals surface area (Å²) in [5.74, 6) is -1.52. The van der Waals surface area contributed by atoms with Crippen molar-refractivity contribution in [1.82, 2.24) is 24.3 Å². The fourth-order valence-corrected chi connectivity index (χ4v) is 4.70. The Morgan fingerprint density at radius 1 is 1.12 bits per heavy atom. The third-order valence-corrected chi connectivity index (χ3v) is 6.74. The molecule has 0 unspecified atom stereocenters. The van der Waals surface area contributed by atoms with E-state index in [1.165, 1.54) is 53.9 Å². The van der Waals surface area contributed by atoms with Gasteiger partial charge in [0.05, 0.1) is 30.3 Å². The predicted octanol–water partition coefficient (Wildman–Crippen LogP) is 3.98. The van der Waals surface area contributed by atoms with E-state index in [-0.39, 0.29) is 42.3 Å². The van der Waals surface area contributed by atoms with E-state index in [1.54, 1.807) is 19.1 Å². The number of ether oxygens (including phenoxy) is 3. The maximum Gasteiger partial charge on any atom is 0.338 e. The summed E-state index contributed by atoms with van der Waals surface area (Å²) in [4.78, 5) is 43.3. The summed E-state index contributed by atoms with van der Waals surface area (Å²) < 4.78 is 34.4. The molecule has 2 heterocycles. The van der Waals surface area contributed by atoms with Crippen LogP contribution in [0, 0.1) is 12.7 Å². The Morgan fingerprint density at radius 2 is 1.88 bits per heavy atom. The first-order valence-corrected chi connectivity index (χ1v) is 13.3. The largest absolute Gasteiger partial charge is 0.493 e. The fraction of sp³-hybridized carbons (Fsp3) is 0.233. The van der Waals surface area contributed by atoms with Gasteiger partial charge in [-0.1, -0.05) is 17.7 Å². The molecule has 13 heteroatoms. The van der Waals surface area contributed by atoms with Crippen LogP contribution in [0.4, 0.5) is 10.1 Å². The number of nitrogens with one attached hydrogen (secondary N) is 2. The van der Waals surface area contributed by atoms with Crippen LogP contribution in [0.5, 0.6) is 11.5 Å². The molecule has 12 nitrogen and oxygen atoms in total. The normalized spacial score (nSPS) is 11.0. The van der Waals surface area contributed by atoms with E-state index in [0.29, 0.717) is 28.2 Å². The number of halogens is 1. The number of nitrogens with zero attached hydrogens (tertiary/aromatic N) is 4. The molecule has 0 saturated carbocycles. The second-order valence-electron chi connectivity index (χ2n) is 9.66. The number of benzene rings is 3. The highest BCUT2D eigenvalue weighted by Crippen LogP contribution is 2.38. The molecule has 0 saturated heterocycles. The Morgan fingerprint density at radius 3 is 2.56 bits per heavy atom. The van der Waals surface area contributed by atoms with Crippen LogP contribution >= 0.6 is 0 Å². The van der Waals surface area contributed by atoms with Gasteiger partial charge in [-0.15, -0.1) is 0 Å². The number of hydrogen-bond acceptors (Lipinski definition) is 8. The highest BCUT2D eigenvalue weighted by atomic mass is 19.1. The average molecular weight is 589 g/mol. The maximum absolute atomic E-state index is 15.5. The first-order valence-electron chi connectivity index (χ1n) is 13.3. The molecule has 0 spiro atoms. The molecule has 0 aliphatic carbocycles. The summed E-state index contributed by atoms with van der Waals surface area (Å²) in [6.07, 6.45) is 1.31. The number of carbonyl (C=O) groups is 2. The Hall–Kier alpha value is -5.46. The smallest absolute Gasteiger partial charge is 0.338 e. The first-order chi connectivity index (χ1) is 20.7. The van der Waals surface area contributed by atoms with E-state index in [0.717, 1.165) is 5.56 Å². The van der Waals surface area contributed by atoms with Crippen molar-refractivity contribution in [1.29, 1.82) is 0 Å². The van der Waals surface area contributed by atoms with Gasteiger partial charge in [0.1, 0.15) is 19.5 Å². The van der Waals surface area contributed by atoms with Gasteiger partial charge in [-0.2, -0.15) is 5.10 Å². The molecule has 2 aromatic heterocycles. The molecule has 43 heavy (non-hydrogen) atoms. The van der Waals surface area contributed by atoms with E-state index < -0.39 is 23.4 Å². The van der Waals surface area contributed by atoms with Gasteiger partial charge in [-0.3, -0.25) is 19.0 Å². The molecule has 3 aromatic carbocycles. The number of H-pyrrole nitrogens is 1. The minimum absolute atomic E-state index is 0.0751. The van der Waals surface area contributed by atoms with Crippen molar-refractivity contribution < 1.29 is 28.2 Å². The van der Waals surface area contributed by atoms with E-state index in [1.807, 2.05) is 19.1 Å². The third kappa shape index (κ3) is 5.96. The van der Waals surface area contributed by atoms with E-state index in [4.69, 9.17) is 14.2 Å². The van der Waals surface area contributed by atoms with Crippen molar-refractivity contribution in [2.45, 2.75) is 27.0 Å². The second kappa shape index (κ2) is 12.2. The molecule has 2 N–H and O–H groups in total. The molecule has 0 radical (unpaired) electrons. The Kier molecular flexibility index (Phi) is 8.23. The molecular formula is C30H29FN6O6. The van der Waals surface area contributed by atoms with Gasteiger partial charge in [0, 0.05) is 18.3 Å². The zero-order chi connectivity index (χ0) is 30.7. The lowest BCUT2D eigenvalue weighted by molar-refractivity contribution is -0.116. The van der Waals surface area contributed by atoms with Gasteiger partial charge in [0.15, 0.2) is 23.1 Å². The van der Waals surface area contributed by atoms with Gasteiger partial charge in [-0.25, -0.2) is 19.0 Å². The maximum atomic E-state index is 15.5. The number of carbonyl (C=O) groups excluding carboxylic acids is 2. The number of aromatic amines is 1. The molecule has 222 valence electrons. The van der Waals surface area contributed by atoms with Crippen LogP contribution in [0.3, 0.4) is 0 Å². The van der Waals surface area contributed by atoms with Crippen LogP contribution in [0.1, 0.15) is 28.7 Å². The van der Waals surface area contributed by atoms with E-state index in [2.05, 4.69) is 20.5 Å². The summed E-state index contributed by atoms with van der Waals surface area (Å²) in [6, 6.07) is 13.0. The van der Waals surface area contributed by atoms with Crippen LogP contribution in [0.2, 0.25) is 0 Å². The number of anilines is 1. The lowest BCUT2D eigenvalue weighted by Crippen LogP contribution is -2.28. The summed E-state index contributed by atoms with van der Waals surface area (Å²) in [6.45, 7) is 3.30. The number of rotatable bonds is 10. The summed E-state index contributed by atoms with van der Waals surface area (Å²) in [5, 5.41) is 9.16. The topological polar surface area (TPSA) is 142 Å². The highest BCUT2D eigenvalue weighted by Gasteiger charge is 2.23. The number of imidazole rings is 1. The van der Waals surface area contributed by atoms with Crippen LogP contribution in [0.15, 0.2) is 59.7 Å². The summed E-state index contributed by atoms with van der Waals surface area (Å²) in [5.41, 5.74) is 2.53. The second-order valence-corrected chi connectivity index (χ2v) is 9.66. The van der Waals surface area contributed by atoms with Gasteiger partial charge in [0.25, 0.3) is 0 Å². The van der Waals surface area contributed by atoms with Crippen LogP contribution in [0.25, 0.3) is 22.2 Å². The Balaban J connectivity index is 1.61. The lowest BCUT2D eigenvalue weighted by Gasteiger charge is -2.15. The van der Waals surface area contributed by atoms with Crippen LogP contribution in [-0.2, 0) is 29.7 Å². The molecule has 5 rings (SSSR count). The van der Waals surface area contributed by atoms with E-state index >= 15 is 4.39 Å². The molecule has 1 amide bonds. The van der Waals surface area contributed by atoms with Crippen molar-refractivity contribution in [3.05, 3.63) is 88.1 Å². The number of amides is 1. The predicted molar refractivity (Wildman–Crippen MR) is 156 cm³/mol. The minimum Gasteiger partial charge on any atom is -0.493 e. The molecule has 0 bridgehead atoms. The average Bonchev–Trinajstić information content (AvgIpc) is 3.60. The Labute approximate surface area is 245 Å². The summed E-state index contributed by atoms with van der Waals surface area (Å²) in [7, 11) is 2.90. The molecule has 0 atom stereocenters. The van der Waals surface area contributed by atoms with Crippen LogP contribution < -0.4 is 20.5 Å². The standard InChI is InChI=1S/C30H29FN6O6/c1-5-42-29(39)19-10-21(18-11-22(31)28(24(13-18)41-4)43-15-25-32-16-33-35-25)27-23(12-19)37(30(40)36(27)3)14-26(38)34-20-8-6-17(2)7-9-20/h6-13,16H,5,14-15H2,1-4H3,(H,34,38)(H,32,33,35). The quantitative estimate of drug-likeness (QED) is 0.233. The Bertz CT molecular complexity index is 1860. The van der Waals surface area contributed by atoms with Gasteiger partial charge in [0.2, 0.25) is 5.91 Å². The number of methoxy groups -OCH3 is 1. The fourth-order valence-electron chi connectivity index (χ4n) is 4.70. The lowest BCUT2D eigenvalue weighted by atomic mass is 10.00. The van der Waals surface area contributed by atoms with E-state index in [9.17, 15) is 14.4 Å². The number of fused-ring (bicyclic) bond motifs is 1. The number of aromatic nitrogens is 5. The molecule has 0 aliphatic heterocycles. The minimum atomic E-state index is -0.745.